The van der Waals surface area contributed by atoms with Crippen molar-refractivity contribution in [2.75, 3.05) is 70.8 Å². The molecule has 0 bridgehead atoms. The molecule has 0 aromatic heterocycles. The molecule has 716 valence electrons. The SMILES string of the molecule is Cc1ccc2c(c1)C(C)(C)C(/C=C/C1=C(c3ccc(C(=O)NCCCC[C@H](NC(=O)C(CC(=O)O)CC(=O)C(CCCNC(N)=O)NC(=O)C(CCC(=O)O)CC(=O)c4cccc(NC(=O)N[C@@H]5CN(C6CCCCC6)c6ccccc6N(CC(=O)C(C)(C)C)C5=O)c4)C(=O)O)cc3)C(=C/C=C3/N(CCCCS(=O)O)c4ccc(S(=O)O)cc4C3(C)C)/CCC1)=[N+]2CCCCS(=O)O. The molecule has 14 N–H and O–H groups in total. The first-order chi connectivity index (χ1) is 63.1. The first kappa shape index (κ1) is 104. The molecule has 2 aliphatic carbocycles. The van der Waals surface area contributed by atoms with Gasteiger partial charge in [-0.3, -0.25) is 43.2 Å². The summed E-state index contributed by atoms with van der Waals surface area (Å²) in [6.07, 6.45) is 13.9. The van der Waals surface area contributed by atoms with Crippen LogP contribution >= 0.6 is 0 Å². The summed E-state index contributed by atoms with van der Waals surface area (Å²) < 4.78 is 67.8. The van der Waals surface area contributed by atoms with Crippen molar-refractivity contribution in [3.05, 3.63) is 184 Å². The van der Waals surface area contributed by atoms with Crippen LogP contribution in [0.4, 0.5) is 38.0 Å². The van der Waals surface area contributed by atoms with Gasteiger partial charge in [-0.05, 0) is 205 Å². The molecule has 1 saturated carbocycles. The molecule has 5 aromatic rings. The van der Waals surface area contributed by atoms with Crippen LogP contribution in [0, 0.1) is 24.2 Å². The molecule has 3 heterocycles. The van der Waals surface area contributed by atoms with E-state index < -0.39 is 177 Å². The second-order valence-corrected chi connectivity index (χ2v) is 40.0. The number of ketones is 3. The average molecular weight is 1890 g/mol. The van der Waals surface area contributed by atoms with E-state index in [2.05, 4.69) is 123 Å². The molecule has 32 nitrogen and oxygen atoms in total. The number of aryl methyl sites for hydroxylation is 1. The molecular weight excluding hydrogens is 1760 g/mol. The standard InChI is InChI=1S/C98H125N11O21S3/c1-61-33-42-77-72(53-61)97(5,6)83(106(77)49-16-18-51-131(125)126)44-38-62-23-20-24-63(39-45-84-98(7,8)73-58-71(133(129)130)41-43-78(73)107(84)50-17-19-52-132(127)128)88(62)64-34-36-65(37-35-64)89(117)100-47-15-14-29-75(93(121)122)104-91(119)68(57-87(115)116)56-82(111)74(30-22-48-101-94(99)123)103-90(118)67(40-46-86(113)114)55-81(110)66-25-21-26-69(54-66)102-95(124)105-76-59-108(70-27-10-9-11-28-70)79-31-12-13-32-80(79)109(92(76)120)60-85(112)96(2,3)4/h12-13,21,25-26,31-39,41-45,53-54,58,67-68,70,74-76H,9-11,14-20,22-24,27-30,40,46-52,55-57,59-60H2,1-8H3,(H13-,99,100,101,102,103,104,105,113,114,115,116,117,118,119,121,122,123,124,125,126,127,128,129,130)/p+1/t67?,68?,74?,75-,76+/m0/s1. The lowest BCUT2D eigenvalue weighted by Crippen LogP contribution is -2.55. The van der Waals surface area contributed by atoms with Gasteiger partial charge in [0, 0.05) is 132 Å². The molecule has 5 aromatic carbocycles. The topological polar surface area (TPSA) is 488 Å². The number of nitrogens with zero attached hydrogens (tertiary/aromatic N) is 4. The first-order valence-electron chi connectivity index (χ1n) is 45.5. The van der Waals surface area contributed by atoms with Crippen LogP contribution in [0.1, 0.15) is 233 Å². The van der Waals surface area contributed by atoms with Gasteiger partial charge in [0.25, 0.3) is 11.8 Å². The van der Waals surface area contributed by atoms with E-state index in [0.29, 0.717) is 62.9 Å². The number of nitrogens with one attached hydrogen (secondary N) is 6. The number of amides is 8. The quantitative estimate of drug-likeness (QED) is 0.00745. The number of carboxylic acids is 3. The predicted octanol–water partition coefficient (Wildman–Crippen LogP) is 13.3. The van der Waals surface area contributed by atoms with Crippen LogP contribution in [-0.4, -0.2) is 198 Å². The van der Waals surface area contributed by atoms with Crippen LogP contribution in [-0.2, 0) is 82.4 Å². The Hall–Kier alpha value is -11.5. The number of carboxylic acid groups (broad SMARTS) is 3. The van der Waals surface area contributed by atoms with Crippen molar-refractivity contribution in [3.8, 4) is 0 Å². The number of hydrogen-bond donors (Lipinski definition) is 13. The molecule has 0 radical (unpaired) electrons. The van der Waals surface area contributed by atoms with Crippen LogP contribution in [0.3, 0.4) is 0 Å². The Morgan fingerprint density at radius 2 is 1.30 bits per heavy atom. The third-order valence-electron chi connectivity index (χ3n) is 25.4. The molecule has 35 heteroatoms. The summed E-state index contributed by atoms with van der Waals surface area (Å²) in [6, 6.07) is 25.7. The maximum absolute atomic E-state index is 14.7. The average Bonchev–Trinajstić information content (AvgIpc) is 1.60. The minimum absolute atomic E-state index is 0.0310. The van der Waals surface area contributed by atoms with Crippen molar-refractivity contribution >= 4 is 144 Å². The molecule has 133 heavy (non-hydrogen) atoms. The van der Waals surface area contributed by atoms with Gasteiger partial charge in [0.05, 0.1) is 46.6 Å². The molecule has 3 aliphatic heterocycles. The van der Waals surface area contributed by atoms with E-state index in [1.54, 1.807) is 57.2 Å². The lowest BCUT2D eigenvalue weighted by atomic mass is 9.79. The van der Waals surface area contributed by atoms with Gasteiger partial charge < -0.3 is 81.3 Å². The summed E-state index contributed by atoms with van der Waals surface area (Å²) in [6.45, 7) is 16.7. The van der Waals surface area contributed by atoms with Crippen molar-refractivity contribution < 1.29 is 104 Å². The van der Waals surface area contributed by atoms with Crippen LogP contribution in [0.5, 0.6) is 0 Å². The number of carbonyl (C=O) groups is 12. The molecule has 0 spiro atoms. The summed E-state index contributed by atoms with van der Waals surface area (Å²) in [5.74, 6) is -12.2. The molecule has 8 atom stereocenters. The molecule has 6 unspecified atom stereocenters. The second-order valence-electron chi connectivity index (χ2n) is 36.9. The number of primary amides is 1. The summed E-state index contributed by atoms with van der Waals surface area (Å²) in [4.78, 5) is 169. The maximum atomic E-state index is 14.7. The third-order valence-corrected chi connectivity index (χ3v) is 27.4. The van der Waals surface area contributed by atoms with E-state index in [0.717, 1.165) is 106 Å². The number of hydrogen-bond acceptors (Lipinski definition) is 17. The number of urea groups is 2. The Kier molecular flexibility index (Phi) is 36.9. The zero-order chi connectivity index (χ0) is 96.8. The number of unbranched alkanes of at least 4 members (excludes halogenated alkanes) is 3. The summed E-state index contributed by atoms with van der Waals surface area (Å²) >= 11 is -6.16. The molecule has 8 amide bonds. The highest BCUT2D eigenvalue weighted by Gasteiger charge is 2.46. The smallest absolute Gasteiger partial charge is 0.326 e. The van der Waals surface area contributed by atoms with Crippen LogP contribution in [0.15, 0.2) is 155 Å². The minimum Gasteiger partial charge on any atom is -0.481 e. The summed E-state index contributed by atoms with van der Waals surface area (Å²) in [5, 5.41) is 46.1. The first-order valence-corrected chi connectivity index (χ1v) is 49.2. The zero-order valence-electron chi connectivity index (χ0n) is 76.8. The third kappa shape index (κ3) is 28.1. The number of Topliss-reactive ketones (excluding diaryl/α,β-unsaturated/α-hetero) is 3. The summed E-state index contributed by atoms with van der Waals surface area (Å²) in [7, 11) is 0. The summed E-state index contributed by atoms with van der Waals surface area (Å²) in [5.41, 5.74) is 15.8. The largest absolute Gasteiger partial charge is 0.481 e. The van der Waals surface area contributed by atoms with Gasteiger partial charge in [-0.15, -0.1) is 0 Å². The van der Waals surface area contributed by atoms with Crippen molar-refractivity contribution in [2.45, 2.75) is 237 Å². The Morgan fingerprint density at radius 3 is 1.97 bits per heavy atom. The van der Waals surface area contributed by atoms with Crippen molar-refractivity contribution in [1.29, 1.82) is 0 Å². The van der Waals surface area contributed by atoms with E-state index in [1.807, 2.05) is 30.3 Å². The lowest BCUT2D eigenvalue weighted by Gasteiger charge is -2.37. The normalized spacial score (nSPS) is 18.2. The second kappa shape index (κ2) is 47.4. The lowest BCUT2D eigenvalue weighted by molar-refractivity contribution is -0.438. The number of aliphatic carboxylic acids is 3. The highest BCUT2D eigenvalue weighted by Crippen LogP contribution is 2.50. The Morgan fingerprint density at radius 1 is 0.624 bits per heavy atom. The van der Waals surface area contributed by atoms with E-state index in [1.165, 1.54) is 29.2 Å². The van der Waals surface area contributed by atoms with Crippen LogP contribution in [0.25, 0.3) is 5.57 Å². The molecule has 0 saturated heterocycles. The van der Waals surface area contributed by atoms with Gasteiger partial charge in [-0.1, -0.05) is 114 Å². The van der Waals surface area contributed by atoms with Gasteiger partial charge in [0.2, 0.25) is 17.5 Å². The number of para-hydroxylation sites is 2. The van der Waals surface area contributed by atoms with Crippen LogP contribution < -0.4 is 52.3 Å². The van der Waals surface area contributed by atoms with Crippen molar-refractivity contribution in [1.82, 2.24) is 26.6 Å². The highest BCUT2D eigenvalue weighted by molar-refractivity contribution is 7.79. The fraction of sp³-hybridized carbons (Fsp3) is 0.480. The van der Waals surface area contributed by atoms with Gasteiger partial charge >= 0.3 is 30.0 Å². The highest BCUT2D eigenvalue weighted by atomic mass is 32.2. The van der Waals surface area contributed by atoms with Crippen molar-refractivity contribution in [3.63, 3.8) is 0 Å². The van der Waals surface area contributed by atoms with Crippen molar-refractivity contribution in [2.24, 2.45) is 23.0 Å². The zero-order valence-corrected chi connectivity index (χ0v) is 79.2. The Balaban J connectivity index is 0.808. The number of carbonyl (C=O) groups excluding carboxylic acids is 9. The monoisotopic (exact) mass is 1890 g/mol. The maximum Gasteiger partial charge on any atom is 0.326 e. The van der Waals surface area contributed by atoms with Gasteiger partial charge in [-0.25, -0.2) is 27.0 Å². The molecular formula is C98H126N11O21S3+. The van der Waals surface area contributed by atoms with E-state index in [-0.39, 0.29) is 97.8 Å². The van der Waals surface area contributed by atoms with E-state index >= 15 is 0 Å². The number of allylic oxidation sites excluding steroid dienone is 8. The number of fused-ring (bicyclic) bond motifs is 3. The number of benzene rings is 5. The van der Waals surface area contributed by atoms with E-state index in [4.69, 9.17) is 5.73 Å². The fourth-order valence-electron chi connectivity index (χ4n) is 18.2. The predicted molar refractivity (Wildman–Crippen MR) is 511 cm³/mol. The molecule has 10 rings (SSSR count). The van der Waals surface area contributed by atoms with Gasteiger partial charge in [0.15, 0.2) is 56.3 Å². The number of nitrogens with two attached hydrogens (primary N) is 1. The molecule has 1 fully saturated rings. The van der Waals surface area contributed by atoms with Crippen LogP contribution in [0.2, 0.25) is 0 Å². The van der Waals surface area contributed by atoms with Gasteiger partial charge in [-0.2, -0.15) is 4.58 Å². The molecule has 5 aliphatic rings. The fourth-order valence-corrected chi connectivity index (χ4v) is 19.5. The Bertz CT molecular complexity index is 5440. The number of anilines is 4. The van der Waals surface area contributed by atoms with Gasteiger partial charge in [0.1, 0.15) is 18.6 Å². The Labute approximate surface area is 783 Å². The van der Waals surface area contributed by atoms with E-state index in [9.17, 15) is 99.1 Å². The number of rotatable bonds is 46. The minimum atomic E-state index is -2.25.